The van der Waals surface area contributed by atoms with Crippen molar-refractivity contribution in [3.05, 3.63) is 95.9 Å². The number of hydrogen-bond donors (Lipinski definition) is 0. The van der Waals surface area contributed by atoms with Crippen LogP contribution < -0.4 is 4.90 Å². The van der Waals surface area contributed by atoms with Crippen molar-refractivity contribution in [2.75, 3.05) is 11.4 Å². The molecule has 1 amide bonds. The van der Waals surface area contributed by atoms with Crippen molar-refractivity contribution in [3.8, 4) is 22.4 Å². The second-order valence-corrected chi connectivity index (χ2v) is 7.21. The van der Waals surface area contributed by atoms with Crippen LogP contribution >= 0.6 is 11.3 Å². The van der Waals surface area contributed by atoms with Gasteiger partial charge in [0.15, 0.2) is 5.13 Å². The van der Waals surface area contributed by atoms with Gasteiger partial charge in [0.2, 0.25) is 0 Å². The van der Waals surface area contributed by atoms with Crippen LogP contribution in [0, 0.1) is 0 Å². The normalized spacial score (nSPS) is 10.6. The molecular formula is C24H20N2OS. The molecule has 0 fully saturated rings. The zero-order valence-electron chi connectivity index (χ0n) is 15.6. The maximum absolute atomic E-state index is 13.1. The van der Waals surface area contributed by atoms with E-state index < -0.39 is 0 Å². The van der Waals surface area contributed by atoms with E-state index in [9.17, 15) is 4.79 Å². The maximum atomic E-state index is 13.1. The summed E-state index contributed by atoms with van der Waals surface area (Å²) in [6.45, 7) is 2.54. The number of aromatic nitrogens is 1. The minimum atomic E-state index is -0.0314. The number of carbonyl (C=O) groups is 1. The second kappa shape index (κ2) is 8.19. The Bertz CT molecular complexity index is 1060. The van der Waals surface area contributed by atoms with Gasteiger partial charge in [0.1, 0.15) is 0 Å². The highest BCUT2D eigenvalue weighted by Gasteiger charge is 2.19. The predicted molar refractivity (Wildman–Crippen MR) is 117 cm³/mol. The van der Waals surface area contributed by atoms with Crippen molar-refractivity contribution in [2.24, 2.45) is 0 Å². The van der Waals surface area contributed by atoms with Crippen molar-refractivity contribution in [3.63, 3.8) is 0 Å². The van der Waals surface area contributed by atoms with Gasteiger partial charge >= 0.3 is 0 Å². The van der Waals surface area contributed by atoms with E-state index in [4.69, 9.17) is 0 Å². The van der Waals surface area contributed by atoms with Crippen molar-refractivity contribution in [1.29, 1.82) is 0 Å². The molecule has 0 spiro atoms. The molecule has 1 heterocycles. The summed E-state index contributed by atoms with van der Waals surface area (Å²) in [5.41, 5.74) is 4.85. The Kier molecular flexibility index (Phi) is 5.31. The molecule has 0 atom stereocenters. The lowest BCUT2D eigenvalue weighted by molar-refractivity contribution is 0.0988. The third-order valence-corrected chi connectivity index (χ3v) is 5.46. The summed E-state index contributed by atoms with van der Waals surface area (Å²) in [5, 5.41) is 2.72. The highest BCUT2D eigenvalue weighted by molar-refractivity contribution is 7.14. The molecule has 0 bridgehead atoms. The van der Waals surface area contributed by atoms with Crippen molar-refractivity contribution in [1.82, 2.24) is 4.98 Å². The number of amides is 1. The van der Waals surface area contributed by atoms with E-state index in [1.807, 2.05) is 85.1 Å². The molecule has 0 aliphatic carbocycles. The van der Waals surface area contributed by atoms with Crippen LogP contribution in [0.4, 0.5) is 5.13 Å². The van der Waals surface area contributed by atoms with Gasteiger partial charge in [-0.05, 0) is 30.2 Å². The SMILES string of the molecule is CCN(C(=O)c1ccc(-c2ccccc2)cc1)c1nc(-c2ccccc2)cs1. The van der Waals surface area contributed by atoms with E-state index >= 15 is 0 Å². The van der Waals surface area contributed by atoms with Crippen LogP contribution in [0.15, 0.2) is 90.3 Å². The Morgan fingerprint density at radius 1 is 0.821 bits per heavy atom. The predicted octanol–water partition coefficient (Wildman–Crippen LogP) is 6.14. The molecule has 3 nitrogen and oxygen atoms in total. The van der Waals surface area contributed by atoms with Crippen LogP contribution in [-0.2, 0) is 0 Å². The van der Waals surface area contributed by atoms with Crippen molar-refractivity contribution in [2.45, 2.75) is 6.92 Å². The number of carbonyl (C=O) groups excluding carboxylic acids is 1. The van der Waals surface area contributed by atoms with Crippen molar-refractivity contribution >= 4 is 22.4 Å². The number of hydrogen-bond acceptors (Lipinski definition) is 3. The lowest BCUT2D eigenvalue weighted by atomic mass is 10.0. The molecule has 0 saturated carbocycles. The molecule has 0 saturated heterocycles. The lowest BCUT2D eigenvalue weighted by Crippen LogP contribution is -2.30. The third-order valence-electron chi connectivity index (χ3n) is 4.59. The summed E-state index contributed by atoms with van der Waals surface area (Å²) in [5.74, 6) is -0.0314. The molecule has 4 aromatic rings. The summed E-state index contributed by atoms with van der Waals surface area (Å²) in [6.07, 6.45) is 0. The largest absolute Gasteiger partial charge is 0.284 e. The Morgan fingerprint density at radius 3 is 2.00 bits per heavy atom. The van der Waals surface area contributed by atoms with Gasteiger partial charge in [0.05, 0.1) is 5.69 Å². The molecule has 1 aromatic heterocycles. The molecule has 0 N–H and O–H groups in total. The van der Waals surface area contributed by atoms with E-state index in [0.29, 0.717) is 12.1 Å². The van der Waals surface area contributed by atoms with Crippen LogP contribution in [-0.4, -0.2) is 17.4 Å². The quantitative estimate of drug-likeness (QED) is 0.414. The van der Waals surface area contributed by atoms with E-state index in [-0.39, 0.29) is 5.91 Å². The maximum Gasteiger partial charge on any atom is 0.260 e. The fourth-order valence-corrected chi connectivity index (χ4v) is 3.98. The standard InChI is InChI=1S/C24H20N2OS/c1-2-26(24-25-22(17-28-24)20-11-7-4-8-12-20)23(27)21-15-13-19(14-16-21)18-9-5-3-6-10-18/h3-17H,2H2,1H3. The van der Waals surface area contributed by atoms with Crippen molar-refractivity contribution < 1.29 is 4.79 Å². The molecule has 138 valence electrons. The lowest BCUT2D eigenvalue weighted by Gasteiger charge is -2.18. The Morgan fingerprint density at radius 2 is 1.39 bits per heavy atom. The summed E-state index contributed by atoms with van der Waals surface area (Å²) in [6, 6.07) is 27.9. The van der Waals surface area contributed by atoms with Gasteiger partial charge in [-0.1, -0.05) is 72.8 Å². The first kappa shape index (κ1) is 18.1. The van der Waals surface area contributed by atoms with Gasteiger partial charge in [-0.15, -0.1) is 11.3 Å². The topological polar surface area (TPSA) is 33.2 Å². The first-order chi connectivity index (χ1) is 13.8. The zero-order chi connectivity index (χ0) is 19.3. The van der Waals surface area contributed by atoms with Gasteiger partial charge in [0, 0.05) is 23.1 Å². The Labute approximate surface area is 168 Å². The molecule has 0 unspecified atom stereocenters. The van der Waals surface area contributed by atoms with Gasteiger partial charge in [-0.25, -0.2) is 4.98 Å². The molecule has 4 heteroatoms. The number of thiazole rings is 1. The van der Waals surface area contributed by atoms with Gasteiger partial charge < -0.3 is 0 Å². The Hall–Kier alpha value is -3.24. The number of rotatable bonds is 5. The minimum Gasteiger partial charge on any atom is -0.284 e. The van der Waals surface area contributed by atoms with Gasteiger partial charge in [-0.3, -0.25) is 9.69 Å². The average molecular weight is 385 g/mol. The summed E-state index contributed by atoms with van der Waals surface area (Å²) < 4.78 is 0. The van der Waals surface area contributed by atoms with Gasteiger partial charge in [0.25, 0.3) is 5.91 Å². The zero-order valence-corrected chi connectivity index (χ0v) is 16.4. The highest BCUT2D eigenvalue weighted by atomic mass is 32.1. The van der Waals surface area contributed by atoms with Crippen LogP contribution in [0.2, 0.25) is 0 Å². The summed E-state index contributed by atoms with van der Waals surface area (Å²) in [4.78, 5) is 19.5. The first-order valence-corrected chi connectivity index (χ1v) is 10.1. The van der Waals surface area contributed by atoms with Gasteiger partial charge in [-0.2, -0.15) is 0 Å². The molecule has 28 heavy (non-hydrogen) atoms. The van der Waals surface area contributed by atoms with E-state index in [1.54, 1.807) is 4.90 Å². The summed E-state index contributed by atoms with van der Waals surface area (Å²) in [7, 11) is 0. The molecular weight excluding hydrogens is 364 g/mol. The van der Waals surface area contributed by atoms with Crippen LogP contribution in [0.1, 0.15) is 17.3 Å². The molecule has 0 aliphatic heterocycles. The number of benzene rings is 3. The van der Waals surface area contributed by atoms with Crippen LogP contribution in [0.25, 0.3) is 22.4 Å². The minimum absolute atomic E-state index is 0.0314. The number of anilines is 1. The average Bonchev–Trinajstić information content (AvgIpc) is 3.25. The van der Waals surface area contributed by atoms with E-state index in [1.165, 1.54) is 11.3 Å². The second-order valence-electron chi connectivity index (χ2n) is 6.37. The monoisotopic (exact) mass is 384 g/mol. The highest BCUT2D eigenvalue weighted by Crippen LogP contribution is 2.28. The molecule has 3 aromatic carbocycles. The number of nitrogens with zero attached hydrogens (tertiary/aromatic N) is 2. The Balaban J connectivity index is 1.57. The molecule has 0 radical (unpaired) electrons. The van der Waals surface area contributed by atoms with E-state index in [2.05, 4.69) is 17.1 Å². The van der Waals surface area contributed by atoms with E-state index in [0.717, 1.165) is 27.5 Å². The fourth-order valence-electron chi connectivity index (χ4n) is 3.09. The molecule has 0 aliphatic rings. The fraction of sp³-hybridized carbons (Fsp3) is 0.0833. The summed E-state index contributed by atoms with van der Waals surface area (Å²) >= 11 is 1.49. The van der Waals surface area contributed by atoms with Crippen LogP contribution in [0.5, 0.6) is 0 Å². The molecule has 4 rings (SSSR count). The van der Waals surface area contributed by atoms with Crippen LogP contribution in [0.3, 0.4) is 0 Å². The first-order valence-electron chi connectivity index (χ1n) is 9.24. The third kappa shape index (κ3) is 3.73. The smallest absolute Gasteiger partial charge is 0.260 e.